The summed E-state index contributed by atoms with van der Waals surface area (Å²) in [7, 11) is 0. The summed E-state index contributed by atoms with van der Waals surface area (Å²) in [5, 5.41) is 0.759. The number of benzene rings is 2. The van der Waals surface area contributed by atoms with Crippen LogP contribution >= 0.6 is 11.3 Å². The SMILES string of the molecule is CCc1cccc2sc(N(CC3CCCO3)C(=O)c3ccc(C)c(C)c3)nc12. The molecule has 1 fully saturated rings. The van der Waals surface area contributed by atoms with Crippen LogP contribution in [0.3, 0.4) is 0 Å². The van der Waals surface area contributed by atoms with E-state index in [1.54, 1.807) is 11.3 Å². The van der Waals surface area contributed by atoms with E-state index in [1.807, 2.05) is 30.0 Å². The number of fused-ring (bicyclic) bond motifs is 1. The number of amides is 1. The van der Waals surface area contributed by atoms with Gasteiger partial charge in [0.1, 0.15) is 0 Å². The highest BCUT2D eigenvalue weighted by Gasteiger charge is 2.27. The van der Waals surface area contributed by atoms with E-state index in [2.05, 4.69) is 32.0 Å². The standard InChI is InChI=1S/C23H26N2O2S/c1-4-17-7-5-9-20-21(17)24-23(28-20)25(14-19-8-6-12-27-19)22(26)18-11-10-15(2)16(3)13-18/h5,7,9-11,13,19H,4,6,8,12,14H2,1-3H3. The maximum absolute atomic E-state index is 13.5. The van der Waals surface area contributed by atoms with Crippen LogP contribution in [-0.2, 0) is 11.2 Å². The Kier molecular flexibility index (Phi) is 5.47. The van der Waals surface area contributed by atoms with Gasteiger partial charge in [-0.2, -0.15) is 0 Å². The predicted octanol–water partition coefficient (Wildman–Crippen LogP) is 5.30. The summed E-state index contributed by atoms with van der Waals surface area (Å²) < 4.78 is 6.96. The Morgan fingerprint density at radius 1 is 1.25 bits per heavy atom. The molecular weight excluding hydrogens is 368 g/mol. The minimum Gasteiger partial charge on any atom is -0.376 e. The van der Waals surface area contributed by atoms with Gasteiger partial charge in [0.15, 0.2) is 5.13 Å². The van der Waals surface area contributed by atoms with Crippen LogP contribution in [0.2, 0.25) is 0 Å². The van der Waals surface area contributed by atoms with E-state index in [1.165, 1.54) is 11.1 Å². The van der Waals surface area contributed by atoms with Gasteiger partial charge in [-0.25, -0.2) is 4.98 Å². The largest absolute Gasteiger partial charge is 0.376 e. The number of para-hydroxylation sites is 1. The van der Waals surface area contributed by atoms with E-state index in [9.17, 15) is 4.79 Å². The predicted molar refractivity (Wildman–Crippen MR) is 116 cm³/mol. The van der Waals surface area contributed by atoms with E-state index in [0.717, 1.165) is 46.8 Å². The lowest BCUT2D eigenvalue weighted by molar-refractivity contribution is 0.0917. The monoisotopic (exact) mass is 394 g/mol. The normalized spacial score (nSPS) is 16.6. The molecule has 1 aliphatic rings. The second kappa shape index (κ2) is 8.02. The number of nitrogens with zero attached hydrogens (tertiary/aromatic N) is 2. The van der Waals surface area contributed by atoms with Gasteiger partial charge in [-0.1, -0.05) is 36.5 Å². The second-order valence-electron chi connectivity index (χ2n) is 7.46. The lowest BCUT2D eigenvalue weighted by Crippen LogP contribution is -2.37. The van der Waals surface area contributed by atoms with Gasteiger partial charge in [-0.15, -0.1) is 0 Å². The van der Waals surface area contributed by atoms with Crippen molar-refractivity contribution in [2.45, 2.75) is 46.1 Å². The fourth-order valence-corrected chi connectivity index (χ4v) is 4.69. The minimum absolute atomic E-state index is 0.00398. The summed E-state index contributed by atoms with van der Waals surface area (Å²) in [6, 6.07) is 12.2. The maximum Gasteiger partial charge on any atom is 0.260 e. The number of ether oxygens (including phenoxy) is 1. The van der Waals surface area contributed by atoms with Gasteiger partial charge in [-0.3, -0.25) is 9.69 Å². The Hall–Kier alpha value is -2.24. The fraction of sp³-hybridized carbons (Fsp3) is 0.391. The van der Waals surface area contributed by atoms with Crippen molar-refractivity contribution in [3.8, 4) is 0 Å². The first kappa shape index (κ1) is 19.1. The van der Waals surface area contributed by atoms with Crippen LogP contribution in [0.15, 0.2) is 36.4 Å². The number of aromatic nitrogens is 1. The molecule has 0 radical (unpaired) electrons. The number of carbonyl (C=O) groups excluding carboxylic acids is 1. The molecule has 1 amide bonds. The van der Waals surface area contributed by atoms with E-state index >= 15 is 0 Å². The molecule has 1 aromatic heterocycles. The average Bonchev–Trinajstić information content (AvgIpc) is 3.36. The Bertz CT molecular complexity index is 1010. The molecule has 4 nitrogen and oxygen atoms in total. The van der Waals surface area contributed by atoms with Crippen LogP contribution in [-0.4, -0.2) is 30.1 Å². The van der Waals surface area contributed by atoms with Crippen LogP contribution in [0.4, 0.5) is 5.13 Å². The van der Waals surface area contributed by atoms with Crippen molar-refractivity contribution in [3.63, 3.8) is 0 Å². The molecule has 2 heterocycles. The molecule has 5 heteroatoms. The van der Waals surface area contributed by atoms with Crippen molar-refractivity contribution in [2.75, 3.05) is 18.1 Å². The molecule has 0 N–H and O–H groups in total. The van der Waals surface area contributed by atoms with E-state index in [4.69, 9.17) is 9.72 Å². The number of anilines is 1. The summed E-state index contributed by atoms with van der Waals surface area (Å²) in [4.78, 5) is 20.2. The number of carbonyl (C=O) groups is 1. The first-order valence-corrected chi connectivity index (χ1v) is 10.8. The molecule has 0 saturated carbocycles. The Morgan fingerprint density at radius 2 is 2.11 bits per heavy atom. The molecular formula is C23H26N2O2S. The summed E-state index contributed by atoms with van der Waals surface area (Å²) in [5.74, 6) is -0.00398. The second-order valence-corrected chi connectivity index (χ2v) is 8.47. The number of rotatable bonds is 5. The zero-order valence-corrected chi connectivity index (χ0v) is 17.5. The summed E-state index contributed by atoms with van der Waals surface area (Å²) in [6.45, 7) is 7.57. The van der Waals surface area contributed by atoms with Gasteiger partial charge in [0.25, 0.3) is 5.91 Å². The molecule has 1 aliphatic heterocycles. The van der Waals surface area contributed by atoms with Crippen molar-refractivity contribution in [3.05, 3.63) is 58.7 Å². The molecule has 3 aromatic rings. The molecule has 1 unspecified atom stereocenters. The third kappa shape index (κ3) is 3.69. The molecule has 1 atom stereocenters. The van der Waals surface area contributed by atoms with Gasteiger partial charge in [0.2, 0.25) is 0 Å². The average molecular weight is 395 g/mol. The number of aryl methyl sites for hydroxylation is 3. The van der Waals surface area contributed by atoms with Gasteiger partial charge < -0.3 is 4.74 Å². The molecule has 0 bridgehead atoms. The van der Waals surface area contributed by atoms with Crippen LogP contribution in [0, 0.1) is 13.8 Å². The summed E-state index contributed by atoms with van der Waals surface area (Å²) in [6.07, 6.45) is 3.04. The van der Waals surface area contributed by atoms with Crippen molar-refractivity contribution >= 4 is 32.6 Å². The Labute approximate surface area is 170 Å². The molecule has 28 heavy (non-hydrogen) atoms. The van der Waals surface area contributed by atoms with Crippen molar-refractivity contribution in [2.24, 2.45) is 0 Å². The smallest absolute Gasteiger partial charge is 0.260 e. The quantitative estimate of drug-likeness (QED) is 0.590. The van der Waals surface area contributed by atoms with Gasteiger partial charge in [0, 0.05) is 12.2 Å². The highest BCUT2D eigenvalue weighted by atomic mass is 32.1. The highest BCUT2D eigenvalue weighted by Crippen LogP contribution is 2.33. The van der Waals surface area contributed by atoms with Crippen LogP contribution in [0.25, 0.3) is 10.2 Å². The molecule has 2 aromatic carbocycles. The first-order valence-electron chi connectivity index (χ1n) is 9.96. The van der Waals surface area contributed by atoms with Crippen LogP contribution < -0.4 is 4.90 Å². The number of hydrogen-bond donors (Lipinski definition) is 0. The number of thiazole rings is 1. The zero-order valence-electron chi connectivity index (χ0n) is 16.7. The summed E-state index contributed by atoms with van der Waals surface area (Å²) >= 11 is 1.59. The van der Waals surface area contributed by atoms with Crippen molar-refractivity contribution < 1.29 is 9.53 Å². The lowest BCUT2D eigenvalue weighted by atomic mass is 10.1. The van der Waals surface area contributed by atoms with Crippen molar-refractivity contribution in [1.82, 2.24) is 4.98 Å². The lowest BCUT2D eigenvalue weighted by Gasteiger charge is -2.23. The summed E-state index contributed by atoms with van der Waals surface area (Å²) in [5.41, 5.74) is 5.25. The maximum atomic E-state index is 13.5. The Morgan fingerprint density at radius 3 is 2.82 bits per heavy atom. The van der Waals surface area contributed by atoms with Gasteiger partial charge >= 0.3 is 0 Å². The topological polar surface area (TPSA) is 42.4 Å². The van der Waals surface area contributed by atoms with Crippen molar-refractivity contribution in [1.29, 1.82) is 0 Å². The highest BCUT2D eigenvalue weighted by molar-refractivity contribution is 7.22. The molecule has 0 spiro atoms. The van der Waals surface area contributed by atoms with E-state index in [-0.39, 0.29) is 12.0 Å². The molecule has 1 saturated heterocycles. The van der Waals surface area contributed by atoms with Crippen LogP contribution in [0.5, 0.6) is 0 Å². The number of hydrogen-bond acceptors (Lipinski definition) is 4. The Balaban J connectivity index is 1.74. The minimum atomic E-state index is -0.00398. The van der Waals surface area contributed by atoms with Gasteiger partial charge in [0.05, 0.1) is 22.9 Å². The van der Waals surface area contributed by atoms with Crippen LogP contribution in [0.1, 0.15) is 46.8 Å². The first-order chi connectivity index (χ1) is 13.6. The molecule has 0 aliphatic carbocycles. The van der Waals surface area contributed by atoms with Gasteiger partial charge in [-0.05, 0) is 68.0 Å². The third-order valence-corrected chi connectivity index (χ3v) is 6.56. The third-order valence-electron chi connectivity index (χ3n) is 5.51. The fourth-order valence-electron chi connectivity index (χ4n) is 3.66. The molecule has 146 valence electrons. The van der Waals surface area contributed by atoms with E-state index in [0.29, 0.717) is 12.1 Å². The molecule has 4 rings (SSSR count). The zero-order chi connectivity index (χ0) is 19.7. The van der Waals surface area contributed by atoms with E-state index < -0.39 is 0 Å².